The van der Waals surface area contributed by atoms with E-state index in [-0.39, 0.29) is 29.4 Å². The molecule has 0 aliphatic carbocycles. The van der Waals surface area contributed by atoms with Gasteiger partial charge in [-0.15, -0.1) is 0 Å². The van der Waals surface area contributed by atoms with E-state index in [9.17, 15) is 23.3 Å². The molecule has 0 spiro atoms. The molecule has 1 aliphatic rings. The Morgan fingerprint density at radius 1 is 1.19 bits per heavy atom. The molecule has 0 saturated carbocycles. The van der Waals surface area contributed by atoms with Crippen LogP contribution in [0.15, 0.2) is 45.7 Å². The maximum Gasteiger partial charge on any atom is 0.433 e. The van der Waals surface area contributed by atoms with Crippen LogP contribution in [0.2, 0.25) is 0 Å². The van der Waals surface area contributed by atoms with Gasteiger partial charge in [0.25, 0.3) is 5.91 Å². The monoisotopic (exact) mass is 381 g/mol. The topological polar surface area (TPSA) is 132 Å². The summed E-state index contributed by atoms with van der Waals surface area (Å²) in [5.41, 5.74) is 0.225. The molecule has 1 aliphatic heterocycles. The fourth-order valence-corrected chi connectivity index (χ4v) is 3.87. The van der Waals surface area contributed by atoms with Crippen molar-refractivity contribution < 1.29 is 27.3 Å². The number of nitrogens with zero attached hydrogens (tertiary/aromatic N) is 2. The van der Waals surface area contributed by atoms with E-state index >= 15 is 0 Å². The molecular formula is C15H15N3O7S. The van der Waals surface area contributed by atoms with Crippen molar-refractivity contribution in [3.63, 3.8) is 0 Å². The first-order chi connectivity index (χ1) is 12.4. The van der Waals surface area contributed by atoms with Crippen molar-refractivity contribution in [3.8, 4) is 0 Å². The number of carbonyl (C=O) groups excluding carboxylic acids is 1. The van der Waals surface area contributed by atoms with Crippen LogP contribution in [0, 0.1) is 10.1 Å². The molecule has 1 N–H and O–H groups in total. The van der Waals surface area contributed by atoms with Crippen LogP contribution in [-0.4, -0.2) is 49.9 Å². The number of hydrogen-bond donors (Lipinski definition) is 1. The number of morpholine rings is 1. The number of benzene rings is 1. The smallest absolute Gasteiger partial charge is 0.395 e. The van der Waals surface area contributed by atoms with Gasteiger partial charge in [0.15, 0.2) is 5.76 Å². The van der Waals surface area contributed by atoms with Crippen LogP contribution in [0.5, 0.6) is 0 Å². The van der Waals surface area contributed by atoms with Gasteiger partial charge in [-0.05, 0) is 24.3 Å². The van der Waals surface area contributed by atoms with Crippen molar-refractivity contribution >= 4 is 27.5 Å². The number of anilines is 1. The number of amides is 1. The highest BCUT2D eigenvalue weighted by Crippen LogP contribution is 2.22. The summed E-state index contributed by atoms with van der Waals surface area (Å²) in [7, 11) is -3.70. The highest BCUT2D eigenvalue weighted by Gasteiger charge is 2.26. The summed E-state index contributed by atoms with van der Waals surface area (Å²) in [6.45, 7) is 1.17. The molecule has 1 aromatic heterocycles. The van der Waals surface area contributed by atoms with Crippen LogP contribution in [0.4, 0.5) is 11.6 Å². The Morgan fingerprint density at radius 3 is 2.58 bits per heavy atom. The lowest BCUT2D eigenvalue weighted by atomic mass is 10.3. The van der Waals surface area contributed by atoms with Gasteiger partial charge in [-0.1, -0.05) is 6.07 Å². The Morgan fingerprint density at radius 2 is 1.92 bits per heavy atom. The van der Waals surface area contributed by atoms with Crippen molar-refractivity contribution in [2.75, 3.05) is 31.6 Å². The Kier molecular flexibility index (Phi) is 5.02. The summed E-state index contributed by atoms with van der Waals surface area (Å²) in [5.74, 6) is -1.53. The number of ether oxygens (including phenoxy) is 1. The van der Waals surface area contributed by atoms with Gasteiger partial charge >= 0.3 is 5.88 Å². The molecular weight excluding hydrogens is 366 g/mol. The average molecular weight is 381 g/mol. The molecule has 1 saturated heterocycles. The maximum absolute atomic E-state index is 12.6. The van der Waals surface area contributed by atoms with Crippen LogP contribution in [-0.2, 0) is 14.8 Å². The van der Waals surface area contributed by atoms with Gasteiger partial charge in [-0.3, -0.25) is 14.9 Å². The molecule has 11 heteroatoms. The standard InChI is InChI=1S/C15H15N3O7S/c19-15(13-4-5-14(25-13)18(20)21)16-11-2-1-3-12(10-11)26(22,23)17-6-8-24-9-7-17/h1-5,10H,6-9H2,(H,16,19). The SMILES string of the molecule is O=C(Nc1cccc(S(=O)(=O)N2CCOCC2)c1)c1ccc([N+](=O)[O-])o1. The van der Waals surface area contributed by atoms with Crippen LogP contribution < -0.4 is 5.32 Å². The summed E-state index contributed by atoms with van der Waals surface area (Å²) in [5, 5.41) is 13.1. The second-order valence-electron chi connectivity index (χ2n) is 5.39. The van der Waals surface area contributed by atoms with E-state index in [1.54, 1.807) is 0 Å². The molecule has 1 amide bonds. The molecule has 138 valence electrons. The van der Waals surface area contributed by atoms with Crippen LogP contribution in [0.3, 0.4) is 0 Å². The normalized spacial score (nSPS) is 15.5. The summed E-state index contributed by atoms with van der Waals surface area (Å²) >= 11 is 0. The predicted octanol–water partition coefficient (Wildman–Crippen LogP) is 1.46. The van der Waals surface area contributed by atoms with E-state index in [1.807, 2.05) is 0 Å². The highest BCUT2D eigenvalue weighted by atomic mass is 32.2. The average Bonchev–Trinajstić information content (AvgIpc) is 3.13. The summed E-state index contributed by atoms with van der Waals surface area (Å²) in [6, 6.07) is 7.98. The van der Waals surface area contributed by atoms with E-state index in [2.05, 4.69) is 5.32 Å². The van der Waals surface area contributed by atoms with E-state index in [0.29, 0.717) is 13.2 Å². The Labute approximate surface area is 148 Å². The Bertz CT molecular complexity index is 932. The minimum atomic E-state index is -3.70. The minimum Gasteiger partial charge on any atom is -0.395 e. The van der Waals surface area contributed by atoms with Gasteiger partial charge in [0.2, 0.25) is 10.0 Å². The fourth-order valence-electron chi connectivity index (χ4n) is 2.41. The predicted molar refractivity (Wildman–Crippen MR) is 89.3 cm³/mol. The number of carbonyl (C=O) groups is 1. The van der Waals surface area contributed by atoms with Crippen molar-refractivity contribution in [2.45, 2.75) is 4.90 Å². The van der Waals surface area contributed by atoms with Gasteiger partial charge in [0, 0.05) is 18.8 Å². The highest BCUT2D eigenvalue weighted by molar-refractivity contribution is 7.89. The third-order valence-electron chi connectivity index (χ3n) is 3.70. The van der Waals surface area contributed by atoms with Crippen LogP contribution in [0.25, 0.3) is 0 Å². The maximum atomic E-state index is 12.6. The van der Waals surface area contributed by atoms with Gasteiger partial charge in [0.1, 0.15) is 4.92 Å². The molecule has 26 heavy (non-hydrogen) atoms. The van der Waals surface area contributed by atoms with Crippen molar-refractivity contribution in [1.29, 1.82) is 0 Å². The minimum absolute atomic E-state index is 0.0302. The molecule has 1 aromatic carbocycles. The first-order valence-corrected chi connectivity index (χ1v) is 9.05. The number of sulfonamides is 1. The molecule has 0 bridgehead atoms. The Balaban J connectivity index is 1.78. The molecule has 3 rings (SSSR count). The number of nitrogens with one attached hydrogen (secondary N) is 1. The lowest BCUT2D eigenvalue weighted by Crippen LogP contribution is -2.40. The third kappa shape index (κ3) is 3.74. The zero-order valence-electron chi connectivity index (χ0n) is 13.5. The molecule has 1 fully saturated rings. The molecule has 0 atom stereocenters. The van der Waals surface area contributed by atoms with E-state index in [4.69, 9.17) is 9.15 Å². The zero-order chi connectivity index (χ0) is 18.7. The fraction of sp³-hybridized carbons (Fsp3) is 0.267. The summed E-state index contributed by atoms with van der Waals surface area (Å²) in [6.07, 6.45) is 0. The summed E-state index contributed by atoms with van der Waals surface area (Å²) in [4.78, 5) is 22.0. The molecule has 10 nitrogen and oxygen atoms in total. The van der Waals surface area contributed by atoms with Crippen molar-refractivity contribution in [2.24, 2.45) is 0 Å². The molecule has 2 heterocycles. The second kappa shape index (κ2) is 7.23. The number of rotatable bonds is 5. The van der Waals surface area contributed by atoms with E-state index in [0.717, 1.165) is 6.07 Å². The molecule has 2 aromatic rings. The van der Waals surface area contributed by atoms with E-state index < -0.39 is 26.7 Å². The van der Waals surface area contributed by atoms with Crippen LogP contribution >= 0.6 is 0 Å². The van der Waals surface area contributed by atoms with Crippen LogP contribution in [0.1, 0.15) is 10.6 Å². The number of hydrogen-bond acceptors (Lipinski definition) is 7. The van der Waals surface area contributed by atoms with Gasteiger partial charge in [-0.25, -0.2) is 8.42 Å². The number of nitro groups is 1. The summed E-state index contributed by atoms with van der Waals surface area (Å²) < 4.78 is 36.6. The first kappa shape index (κ1) is 18.0. The quantitative estimate of drug-likeness (QED) is 0.612. The molecule has 0 unspecified atom stereocenters. The Hall–Kier alpha value is -2.76. The second-order valence-corrected chi connectivity index (χ2v) is 7.33. The zero-order valence-corrected chi connectivity index (χ0v) is 14.3. The largest absolute Gasteiger partial charge is 0.433 e. The molecule has 0 radical (unpaired) electrons. The van der Waals surface area contributed by atoms with Gasteiger partial charge in [0.05, 0.1) is 24.2 Å². The third-order valence-corrected chi connectivity index (χ3v) is 5.59. The van der Waals surface area contributed by atoms with E-state index in [1.165, 1.54) is 34.6 Å². The van der Waals surface area contributed by atoms with Crippen molar-refractivity contribution in [1.82, 2.24) is 4.31 Å². The first-order valence-electron chi connectivity index (χ1n) is 7.61. The number of furan rings is 1. The van der Waals surface area contributed by atoms with Gasteiger partial charge < -0.3 is 14.5 Å². The lowest BCUT2D eigenvalue weighted by Gasteiger charge is -2.26. The van der Waals surface area contributed by atoms with Gasteiger partial charge in [-0.2, -0.15) is 4.31 Å². The lowest BCUT2D eigenvalue weighted by molar-refractivity contribution is -0.402. The van der Waals surface area contributed by atoms with Crippen molar-refractivity contribution in [3.05, 3.63) is 52.3 Å².